The van der Waals surface area contributed by atoms with Crippen LogP contribution in [0.3, 0.4) is 0 Å². The maximum atomic E-state index is 12.1. The number of carbonyl (C=O) groups is 1. The van der Waals surface area contributed by atoms with Crippen molar-refractivity contribution in [2.24, 2.45) is 0 Å². The molecule has 0 aliphatic carbocycles. The number of carboxylic acid groups (broad SMARTS) is 1. The van der Waals surface area contributed by atoms with Crippen LogP contribution in [-0.2, 0) is 0 Å². The van der Waals surface area contributed by atoms with E-state index in [1.807, 2.05) is 0 Å². The maximum absolute atomic E-state index is 12.1. The molecule has 0 spiro atoms. The summed E-state index contributed by atoms with van der Waals surface area (Å²) in [6, 6.07) is 3.18. The van der Waals surface area contributed by atoms with Crippen LogP contribution in [0.5, 0.6) is 17.2 Å². The van der Waals surface area contributed by atoms with Gasteiger partial charge in [0.05, 0.1) is 25.8 Å². The summed E-state index contributed by atoms with van der Waals surface area (Å²) in [7, 11) is 0. The first-order valence-corrected chi connectivity index (χ1v) is 29.9. The molecule has 0 unspecified atom stereocenters. The minimum Gasteiger partial charge on any atom is -0.545 e. The zero-order valence-corrected chi connectivity index (χ0v) is 45.8. The molecule has 0 radical (unpaired) electrons. The standard InChI is InChI=1S/C61H114O5.Li/c1-4-7-10-13-16-19-22-25-28-31-34-37-40-43-46-49-52-64-58-55-57(61(62)63)56-59(65-53-50-47-44-41-38-35-32-29-26-23-20-17-14-11-8-5-2)60(58)66-54-51-48-45-42-39-36-33-30-27-24-21-18-15-12-9-6-3;/h55-56H,4-54H2,1-3H3,(H,62,63);/q;+1/p-1. The minimum absolute atomic E-state index is 0. The van der Waals surface area contributed by atoms with Gasteiger partial charge in [-0.15, -0.1) is 0 Å². The van der Waals surface area contributed by atoms with Crippen LogP contribution in [0.1, 0.15) is 339 Å². The summed E-state index contributed by atoms with van der Waals surface area (Å²) in [5.74, 6) is 0.320. The van der Waals surface area contributed by atoms with Gasteiger partial charge in [0.1, 0.15) is 0 Å². The van der Waals surface area contributed by atoms with E-state index in [1.54, 1.807) is 12.1 Å². The summed E-state index contributed by atoms with van der Waals surface area (Å²) in [5.41, 5.74) is 0.0914. The topological polar surface area (TPSA) is 67.8 Å². The number of carbonyl (C=O) groups excluding carboxylic acids is 1. The normalized spacial score (nSPS) is 11.3. The second-order valence-corrected chi connectivity index (χ2v) is 20.5. The number of hydrogen-bond acceptors (Lipinski definition) is 5. The fraction of sp³-hybridized carbons (Fsp3) is 0.885. The summed E-state index contributed by atoms with van der Waals surface area (Å²) < 4.78 is 19.1. The maximum Gasteiger partial charge on any atom is 1.00 e. The van der Waals surface area contributed by atoms with Crippen LogP contribution >= 0.6 is 0 Å². The van der Waals surface area contributed by atoms with E-state index in [-0.39, 0.29) is 24.4 Å². The molecule has 5 nitrogen and oxygen atoms in total. The molecule has 0 heterocycles. The van der Waals surface area contributed by atoms with E-state index < -0.39 is 5.97 Å². The summed E-state index contributed by atoms with van der Waals surface area (Å²) in [5, 5.41) is 12.1. The number of rotatable bonds is 55. The van der Waals surface area contributed by atoms with E-state index in [4.69, 9.17) is 14.2 Å². The molecule has 1 aromatic rings. The summed E-state index contributed by atoms with van der Waals surface area (Å²) in [6.45, 7) is 8.54. The molecule has 0 amide bonds. The van der Waals surface area contributed by atoms with Crippen molar-refractivity contribution in [2.45, 2.75) is 329 Å². The number of aromatic carboxylic acids is 1. The van der Waals surface area contributed by atoms with E-state index in [1.165, 1.54) is 270 Å². The Morgan fingerprint density at radius 1 is 0.313 bits per heavy atom. The van der Waals surface area contributed by atoms with Crippen molar-refractivity contribution < 1.29 is 43.0 Å². The van der Waals surface area contributed by atoms with Crippen LogP contribution < -0.4 is 38.2 Å². The predicted molar refractivity (Wildman–Crippen MR) is 286 cm³/mol. The van der Waals surface area contributed by atoms with Gasteiger partial charge in [0, 0.05) is 5.56 Å². The first-order chi connectivity index (χ1) is 32.6. The van der Waals surface area contributed by atoms with Gasteiger partial charge in [-0.2, -0.15) is 0 Å². The van der Waals surface area contributed by atoms with E-state index in [2.05, 4.69) is 20.8 Å². The van der Waals surface area contributed by atoms with Crippen LogP contribution in [0.2, 0.25) is 0 Å². The Kier molecular flexibility index (Phi) is 53.0. The van der Waals surface area contributed by atoms with Gasteiger partial charge >= 0.3 is 18.9 Å². The number of unbranched alkanes of at least 4 members (excludes halogenated alkanes) is 45. The molecule has 0 saturated carbocycles. The van der Waals surface area contributed by atoms with Gasteiger partial charge in [-0.1, -0.05) is 310 Å². The predicted octanol–water partition coefficient (Wildman–Crippen LogP) is 17.0. The molecule has 0 aliphatic heterocycles. The Hall–Kier alpha value is -1.31. The minimum atomic E-state index is -1.21. The number of carboxylic acids is 1. The van der Waals surface area contributed by atoms with Crippen molar-refractivity contribution in [3.63, 3.8) is 0 Å². The van der Waals surface area contributed by atoms with Gasteiger partial charge in [0.25, 0.3) is 0 Å². The summed E-state index contributed by atoms with van der Waals surface area (Å²) >= 11 is 0. The third kappa shape index (κ3) is 44.4. The molecule has 0 aromatic heterocycles. The molecule has 6 heteroatoms. The average Bonchev–Trinajstić information content (AvgIpc) is 3.32. The molecule has 0 atom stereocenters. The van der Waals surface area contributed by atoms with Crippen LogP contribution in [0.4, 0.5) is 0 Å². The fourth-order valence-corrected chi connectivity index (χ4v) is 9.54. The SMILES string of the molecule is CCCCCCCCCCCCCCCCCCOc1cc(C(=O)[O-])cc(OCCCCCCCCCCCCCCCCCC)c1OCCCCCCCCCCCCCCCCCC.[Li+]. The van der Waals surface area contributed by atoms with Crippen molar-refractivity contribution in [1.82, 2.24) is 0 Å². The van der Waals surface area contributed by atoms with Crippen LogP contribution in [-0.4, -0.2) is 25.8 Å². The Balaban J connectivity index is 0.0000436. The molecule has 388 valence electrons. The van der Waals surface area contributed by atoms with Gasteiger partial charge in [-0.3, -0.25) is 0 Å². The fourth-order valence-electron chi connectivity index (χ4n) is 9.54. The van der Waals surface area contributed by atoms with Crippen molar-refractivity contribution in [3.8, 4) is 17.2 Å². The third-order valence-corrected chi connectivity index (χ3v) is 14.0. The Labute approximate surface area is 430 Å². The van der Waals surface area contributed by atoms with Gasteiger partial charge in [0.2, 0.25) is 5.75 Å². The quantitative estimate of drug-likeness (QED) is 0.0481. The second-order valence-electron chi connectivity index (χ2n) is 20.5. The molecular formula is C61H113LiO5. The van der Waals surface area contributed by atoms with Crippen molar-refractivity contribution in [2.75, 3.05) is 19.8 Å². The Morgan fingerprint density at radius 2 is 0.493 bits per heavy atom. The van der Waals surface area contributed by atoms with E-state index in [0.29, 0.717) is 37.1 Å². The van der Waals surface area contributed by atoms with E-state index >= 15 is 0 Å². The Morgan fingerprint density at radius 3 is 0.687 bits per heavy atom. The molecule has 0 bridgehead atoms. The first kappa shape index (κ1) is 65.7. The molecule has 0 N–H and O–H groups in total. The van der Waals surface area contributed by atoms with Crippen molar-refractivity contribution >= 4 is 5.97 Å². The van der Waals surface area contributed by atoms with Gasteiger partial charge in [-0.05, 0) is 31.4 Å². The smallest absolute Gasteiger partial charge is 0.545 e. The summed E-state index contributed by atoms with van der Waals surface area (Å²) in [6.07, 6.45) is 63.9. The number of ether oxygens (including phenoxy) is 3. The van der Waals surface area contributed by atoms with Gasteiger partial charge in [-0.25, -0.2) is 0 Å². The molecule has 1 rings (SSSR count). The average molecular weight is 934 g/mol. The monoisotopic (exact) mass is 933 g/mol. The van der Waals surface area contributed by atoms with E-state index in [9.17, 15) is 9.90 Å². The van der Waals surface area contributed by atoms with E-state index in [0.717, 1.165) is 38.5 Å². The largest absolute Gasteiger partial charge is 1.00 e. The zero-order chi connectivity index (χ0) is 47.5. The molecule has 1 aromatic carbocycles. The number of hydrogen-bond donors (Lipinski definition) is 0. The Bertz CT molecular complexity index is 1080. The second kappa shape index (κ2) is 54.0. The van der Waals surface area contributed by atoms with Crippen LogP contribution in [0.15, 0.2) is 12.1 Å². The summed E-state index contributed by atoms with van der Waals surface area (Å²) in [4.78, 5) is 12.1. The number of benzene rings is 1. The molecular weight excluding hydrogens is 820 g/mol. The van der Waals surface area contributed by atoms with Crippen molar-refractivity contribution in [3.05, 3.63) is 17.7 Å². The first-order valence-electron chi connectivity index (χ1n) is 29.9. The van der Waals surface area contributed by atoms with Gasteiger partial charge < -0.3 is 24.1 Å². The van der Waals surface area contributed by atoms with Crippen LogP contribution in [0.25, 0.3) is 0 Å². The molecule has 67 heavy (non-hydrogen) atoms. The van der Waals surface area contributed by atoms with Crippen molar-refractivity contribution in [1.29, 1.82) is 0 Å². The molecule has 0 fully saturated rings. The van der Waals surface area contributed by atoms with Gasteiger partial charge in [0.15, 0.2) is 11.5 Å². The zero-order valence-electron chi connectivity index (χ0n) is 45.8. The third-order valence-electron chi connectivity index (χ3n) is 14.0. The molecule has 0 saturated heterocycles. The molecule has 0 aliphatic rings. The van der Waals surface area contributed by atoms with Crippen LogP contribution in [0, 0.1) is 0 Å².